The van der Waals surface area contributed by atoms with Gasteiger partial charge in [0.25, 0.3) is 11.4 Å². The summed E-state index contributed by atoms with van der Waals surface area (Å²) in [5.74, 6) is -0.688. The van der Waals surface area contributed by atoms with Gasteiger partial charge in [0.05, 0.1) is 24.2 Å². The topological polar surface area (TPSA) is 135 Å². The van der Waals surface area contributed by atoms with Crippen molar-refractivity contribution in [1.29, 1.82) is 5.26 Å². The van der Waals surface area contributed by atoms with Gasteiger partial charge in [0.15, 0.2) is 0 Å². The van der Waals surface area contributed by atoms with E-state index in [1.165, 1.54) is 41.3 Å². The van der Waals surface area contributed by atoms with Crippen LogP contribution in [0.4, 0.5) is 4.39 Å². The van der Waals surface area contributed by atoms with Crippen molar-refractivity contribution in [2.45, 2.75) is 26.0 Å². The van der Waals surface area contributed by atoms with Gasteiger partial charge in [0.2, 0.25) is 5.82 Å². The van der Waals surface area contributed by atoms with Crippen molar-refractivity contribution in [3.05, 3.63) is 46.1 Å². The number of benzene rings is 1. The predicted octanol–water partition coefficient (Wildman–Crippen LogP) is 1.27. The number of imidazole rings is 1. The third kappa shape index (κ3) is 3.63. The quantitative estimate of drug-likeness (QED) is 0.460. The lowest BCUT2D eigenvalue weighted by atomic mass is 10.1. The Morgan fingerprint density at radius 3 is 2.68 bits per heavy atom. The van der Waals surface area contributed by atoms with Crippen LogP contribution >= 0.6 is 0 Å². The molecule has 0 unspecified atom stereocenters. The maximum absolute atomic E-state index is 14.6. The molecule has 0 atom stereocenters. The summed E-state index contributed by atoms with van der Waals surface area (Å²) in [5, 5.41) is 23.7. The van der Waals surface area contributed by atoms with Crippen LogP contribution in [0.3, 0.4) is 0 Å². The third-order valence-corrected chi connectivity index (χ3v) is 5.87. The van der Waals surface area contributed by atoms with E-state index in [9.17, 15) is 19.6 Å². The Bertz CT molecular complexity index is 1490. The van der Waals surface area contributed by atoms with Crippen LogP contribution in [0, 0.1) is 17.1 Å². The Hall–Kier alpha value is -3.66. The van der Waals surface area contributed by atoms with Gasteiger partial charge in [0.1, 0.15) is 40.6 Å². The Morgan fingerprint density at radius 1 is 1.24 bits per heavy atom. The highest BCUT2D eigenvalue weighted by atomic mass is 19.1. The number of aromatic nitrogens is 5. The van der Waals surface area contributed by atoms with Crippen LogP contribution in [0.1, 0.15) is 25.3 Å². The number of hydrogen-bond donors (Lipinski definition) is 1. The molecule has 0 radical (unpaired) electrons. The van der Waals surface area contributed by atoms with Crippen LogP contribution in [0.2, 0.25) is 0 Å². The highest BCUT2D eigenvalue weighted by Gasteiger charge is 2.27. The lowest BCUT2D eigenvalue weighted by Crippen LogP contribution is -2.39. The monoisotopic (exact) mass is 467 g/mol. The van der Waals surface area contributed by atoms with Crippen LogP contribution in [-0.2, 0) is 16.9 Å². The number of ether oxygens (including phenoxy) is 1. The fraction of sp³-hybridized carbons (Fsp3) is 0.409. The van der Waals surface area contributed by atoms with Crippen molar-refractivity contribution in [3.8, 4) is 17.6 Å². The summed E-state index contributed by atoms with van der Waals surface area (Å²) in [6.07, 6.45) is 1.40. The molecule has 1 aromatic carbocycles. The van der Waals surface area contributed by atoms with Crippen molar-refractivity contribution < 1.29 is 18.8 Å². The largest absolute Gasteiger partial charge is 0.381 e. The molecule has 3 aromatic heterocycles. The molecule has 1 aliphatic rings. The fourth-order valence-electron chi connectivity index (χ4n) is 4.11. The zero-order chi connectivity index (χ0) is 24.0. The lowest BCUT2D eigenvalue weighted by molar-refractivity contribution is 0.0364. The molecule has 12 heteroatoms. The minimum atomic E-state index is -1.37. The van der Waals surface area contributed by atoms with Crippen LogP contribution < -0.4 is 5.56 Å². The van der Waals surface area contributed by atoms with Crippen LogP contribution in [0.25, 0.3) is 28.1 Å². The summed E-state index contributed by atoms with van der Waals surface area (Å²) in [4.78, 5) is 24.4. The summed E-state index contributed by atoms with van der Waals surface area (Å²) in [5.41, 5.74) is -1.09. The van der Waals surface area contributed by atoms with Gasteiger partial charge in [0, 0.05) is 26.2 Å². The van der Waals surface area contributed by atoms with Crippen molar-refractivity contribution in [2.75, 3.05) is 32.8 Å². The molecule has 4 aromatic rings. The van der Waals surface area contributed by atoms with Crippen LogP contribution in [0.5, 0.6) is 0 Å². The Balaban J connectivity index is 1.73. The first-order valence-electron chi connectivity index (χ1n) is 10.8. The van der Waals surface area contributed by atoms with E-state index in [0.29, 0.717) is 25.3 Å². The van der Waals surface area contributed by atoms with Gasteiger partial charge in [-0.1, -0.05) is 5.16 Å². The normalized spacial score (nSPS) is 15.3. The van der Waals surface area contributed by atoms with Gasteiger partial charge >= 0.3 is 0 Å². The molecule has 0 saturated carbocycles. The molecular formula is C22H22FN7O4. The first kappa shape index (κ1) is 22.1. The van der Waals surface area contributed by atoms with Gasteiger partial charge in [-0.3, -0.25) is 14.1 Å². The molecule has 0 bridgehead atoms. The lowest BCUT2D eigenvalue weighted by Gasteiger charge is -2.27. The second-order valence-electron chi connectivity index (χ2n) is 8.61. The minimum absolute atomic E-state index is 0.0223. The molecule has 11 nitrogen and oxygen atoms in total. The van der Waals surface area contributed by atoms with Gasteiger partial charge < -0.3 is 18.9 Å². The highest BCUT2D eigenvalue weighted by Crippen LogP contribution is 2.27. The molecule has 0 amide bonds. The van der Waals surface area contributed by atoms with E-state index in [1.54, 1.807) is 0 Å². The third-order valence-electron chi connectivity index (χ3n) is 5.87. The molecule has 0 aliphatic carbocycles. The summed E-state index contributed by atoms with van der Waals surface area (Å²) in [6, 6.07) is 4.60. The number of fused-ring (bicyclic) bond motifs is 3. The van der Waals surface area contributed by atoms with Crippen molar-refractivity contribution >= 4 is 16.6 Å². The van der Waals surface area contributed by atoms with E-state index in [4.69, 9.17) is 9.26 Å². The van der Waals surface area contributed by atoms with E-state index in [0.717, 1.165) is 13.1 Å². The molecule has 34 heavy (non-hydrogen) atoms. The van der Waals surface area contributed by atoms with Crippen LogP contribution in [-0.4, -0.2) is 66.9 Å². The average molecular weight is 467 g/mol. The number of nitriles is 1. The number of morpholine rings is 1. The summed E-state index contributed by atoms with van der Waals surface area (Å²) < 4.78 is 28.0. The number of halogens is 1. The molecule has 1 aliphatic heterocycles. The smallest absolute Gasteiger partial charge is 0.277 e. The van der Waals surface area contributed by atoms with Crippen molar-refractivity contribution in [1.82, 2.24) is 29.0 Å². The summed E-state index contributed by atoms with van der Waals surface area (Å²) in [6.45, 7) is 6.38. The molecule has 0 spiro atoms. The molecule has 1 fully saturated rings. The van der Waals surface area contributed by atoms with Crippen LogP contribution in [0.15, 0.2) is 27.8 Å². The second-order valence-corrected chi connectivity index (χ2v) is 8.61. The fourth-order valence-corrected chi connectivity index (χ4v) is 4.11. The molecular weight excluding hydrogens is 445 g/mol. The molecule has 176 valence electrons. The Labute approximate surface area is 192 Å². The highest BCUT2D eigenvalue weighted by molar-refractivity contribution is 5.87. The number of aliphatic hydroxyl groups is 1. The first-order valence-corrected chi connectivity index (χ1v) is 10.8. The molecule has 4 heterocycles. The standard InChI is InChI=1S/C22H22FN7O4/c1-22(2,32)21-26-19(27-34-21)16-18-20(31)29(6-5-28-7-9-33-10-8-28)17-13(11-24)14(23)3-4-15(17)30(18)12-25-16/h3-4,12,32H,5-10H2,1-2H3. The molecule has 1 N–H and O–H groups in total. The Kier molecular flexibility index (Phi) is 5.40. The van der Waals surface area contributed by atoms with E-state index in [1.807, 2.05) is 6.07 Å². The zero-order valence-electron chi connectivity index (χ0n) is 18.7. The summed E-state index contributed by atoms with van der Waals surface area (Å²) in [7, 11) is 0. The van der Waals surface area contributed by atoms with Crippen molar-refractivity contribution in [3.63, 3.8) is 0 Å². The van der Waals surface area contributed by atoms with E-state index in [-0.39, 0.29) is 40.6 Å². The van der Waals surface area contributed by atoms with Gasteiger partial charge in [-0.2, -0.15) is 10.2 Å². The number of rotatable bonds is 5. The summed E-state index contributed by atoms with van der Waals surface area (Å²) >= 11 is 0. The number of hydrogen-bond acceptors (Lipinski definition) is 9. The van der Waals surface area contributed by atoms with Gasteiger partial charge in [-0.05, 0) is 26.0 Å². The maximum Gasteiger partial charge on any atom is 0.277 e. The average Bonchev–Trinajstić information content (AvgIpc) is 3.47. The minimum Gasteiger partial charge on any atom is -0.381 e. The zero-order valence-corrected chi connectivity index (χ0v) is 18.7. The molecule has 5 rings (SSSR count). The van der Waals surface area contributed by atoms with E-state index < -0.39 is 17.0 Å². The van der Waals surface area contributed by atoms with Gasteiger partial charge in [-0.25, -0.2) is 9.37 Å². The Morgan fingerprint density at radius 2 is 2.00 bits per heavy atom. The first-order chi connectivity index (χ1) is 16.3. The molecule has 1 saturated heterocycles. The number of nitrogens with zero attached hydrogens (tertiary/aromatic N) is 7. The van der Waals surface area contributed by atoms with E-state index in [2.05, 4.69) is 20.0 Å². The van der Waals surface area contributed by atoms with Gasteiger partial charge in [-0.15, -0.1) is 0 Å². The van der Waals surface area contributed by atoms with Crippen molar-refractivity contribution in [2.24, 2.45) is 0 Å². The predicted molar refractivity (Wildman–Crippen MR) is 117 cm³/mol. The second kappa shape index (κ2) is 8.28. The SMILES string of the molecule is CC(C)(O)c1nc(-c2ncn3c2c(=O)n(CCN2CCOCC2)c2c(C#N)c(F)ccc23)no1. The maximum atomic E-state index is 14.6. The van der Waals surface area contributed by atoms with E-state index >= 15 is 0 Å².